The molecule has 0 aliphatic carbocycles. The van der Waals surface area contributed by atoms with Crippen LogP contribution >= 0.6 is 0 Å². The zero-order chi connectivity index (χ0) is 10.8. The summed E-state index contributed by atoms with van der Waals surface area (Å²) in [5.74, 6) is 0. The van der Waals surface area contributed by atoms with Crippen LogP contribution in [0.4, 0.5) is 0 Å². The van der Waals surface area contributed by atoms with E-state index >= 15 is 0 Å². The highest BCUT2D eigenvalue weighted by Crippen LogP contribution is 2.14. The molecule has 0 radical (unpaired) electrons. The predicted molar refractivity (Wildman–Crippen MR) is 55.8 cm³/mol. The molecule has 0 bridgehead atoms. The molecule has 4 nitrogen and oxygen atoms in total. The van der Waals surface area contributed by atoms with E-state index in [1.165, 1.54) is 0 Å². The summed E-state index contributed by atoms with van der Waals surface area (Å²) in [5.41, 5.74) is 0.957. The van der Waals surface area contributed by atoms with E-state index in [9.17, 15) is 5.11 Å². The van der Waals surface area contributed by atoms with Crippen LogP contribution in [0, 0.1) is 0 Å². The number of aliphatic hydroxyl groups excluding tert-OH is 1. The predicted octanol–water partition coefficient (Wildman–Crippen LogP) is 0.623. The summed E-state index contributed by atoms with van der Waals surface area (Å²) in [6.45, 7) is 4.98. The quantitative estimate of drug-likeness (QED) is 0.769. The van der Waals surface area contributed by atoms with Crippen LogP contribution in [0.3, 0.4) is 0 Å². The molecule has 0 saturated carbocycles. The van der Waals surface area contributed by atoms with Gasteiger partial charge in [0.1, 0.15) is 0 Å². The molecule has 0 unspecified atom stereocenters. The van der Waals surface area contributed by atoms with E-state index < -0.39 is 0 Å². The number of hydrogen-bond donors (Lipinski definition) is 1. The van der Waals surface area contributed by atoms with Gasteiger partial charge in [0.2, 0.25) is 0 Å². The van der Waals surface area contributed by atoms with Gasteiger partial charge in [0, 0.05) is 25.3 Å². The first kappa shape index (κ1) is 11.2. The molecule has 14 heavy (non-hydrogen) atoms. The van der Waals surface area contributed by atoms with Crippen molar-refractivity contribution in [3.05, 3.63) is 18.0 Å². The third-order valence-corrected chi connectivity index (χ3v) is 2.74. The Labute approximate surface area is 85.1 Å². The van der Waals surface area contributed by atoms with Crippen LogP contribution in [0.2, 0.25) is 0 Å². The van der Waals surface area contributed by atoms with Gasteiger partial charge >= 0.3 is 0 Å². The summed E-state index contributed by atoms with van der Waals surface area (Å²) in [5, 5.41) is 13.3. The molecule has 1 N–H and O–H groups in total. The molecule has 0 spiro atoms. The Kier molecular flexibility index (Phi) is 3.29. The van der Waals surface area contributed by atoms with Crippen LogP contribution in [0.1, 0.15) is 19.5 Å². The molecule has 0 aliphatic rings. The zero-order valence-electron chi connectivity index (χ0n) is 9.36. The van der Waals surface area contributed by atoms with E-state index in [-0.39, 0.29) is 12.1 Å². The fourth-order valence-corrected chi connectivity index (χ4v) is 1.13. The monoisotopic (exact) mass is 197 g/mol. The molecule has 0 amide bonds. The molecule has 1 heterocycles. The Hall–Kier alpha value is -0.870. The minimum atomic E-state index is -0.190. The summed E-state index contributed by atoms with van der Waals surface area (Å²) in [6.07, 6.45) is 1.79. The lowest BCUT2D eigenvalue weighted by Gasteiger charge is -2.33. The van der Waals surface area contributed by atoms with E-state index in [1.807, 2.05) is 38.7 Å². The molecule has 0 atom stereocenters. The highest BCUT2D eigenvalue weighted by Gasteiger charge is 2.22. The number of likely N-dealkylation sites (N-methyl/N-ethyl adjacent to an activating group) is 1. The van der Waals surface area contributed by atoms with Gasteiger partial charge in [-0.3, -0.25) is 9.58 Å². The molecule has 80 valence electrons. The van der Waals surface area contributed by atoms with E-state index in [0.717, 1.165) is 12.2 Å². The summed E-state index contributed by atoms with van der Waals surface area (Å²) >= 11 is 0. The second kappa shape index (κ2) is 4.11. The Morgan fingerprint density at radius 1 is 1.57 bits per heavy atom. The van der Waals surface area contributed by atoms with Gasteiger partial charge in [0.25, 0.3) is 0 Å². The topological polar surface area (TPSA) is 41.3 Å². The van der Waals surface area contributed by atoms with Crippen LogP contribution in [-0.4, -0.2) is 39.0 Å². The summed E-state index contributed by atoms with van der Waals surface area (Å²) < 4.78 is 1.85. The van der Waals surface area contributed by atoms with Crippen molar-refractivity contribution in [2.45, 2.75) is 25.9 Å². The maximum atomic E-state index is 9.20. The summed E-state index contributed by atoms with van der Waals surface area (Å²) in [6, 6.07) is 1.99. The van der Waals surface area contributed by atoms with Crippen LogP contribution < -0.4 is 0 Å². The normalized spacial score (nSPS) is 12.4. The van der Waals surface area contributed by atoms with Crippen molar-refractivity contribution < 1.29 is 5.11 Å². The SMILES string of the molecule is CN(Cc1ccnn1C)C(C)(C)CO. The third kappa shape index (κ3) is 2.33. The lowest BCUT2D eigenvalue weighted by Crippen LogP contribution is -2.43. The Morgan fingerprint density at radius 2 is 2.21 bits per heavy atom. The highest BCUT2D eigenvalue weighted by molar-refractivity contribution is 5.00. The molecule has 4 heteroatoms. The first-order valence-electron chi connectivity index (χ1n) is 4.76. The zero-order valence-corrected chi connectivity index (χ0v) is 9.36. The second-order valence-corrected chi connectivity index (χ2v) is 4.27. The van der Waals surface area contributed by atoms with Gasteiger partial charge < -0.3 is 5.11 Å². The lowest BCUT2D eigenvalue weighted by molar-refractivity contribution is 0.0716. The molecule has 0 saturated heterocycles. The molecule has 0 aromatic carbocycles. The molecular formula is C10H19N3O. The minimum absolute atomic E-state index is 0.154. The summed E-state index contributed by atoms with van der Waals surface area (Å²) in [4.78, 5) is 2.12. The van der Waals surface area contributed by atoms with Crippen LogP contribution in [0.5, 0.6) is 0 Å². The maximum absolute atomic E-state index is 9.20. The van der Waals surface area contributed by atoms with Gasteiger partial charge in [-0.15, -0.1) is 0 Å². The maximum Gasteiger partial charge on any atom is 0.0610 e. The number of nitrogens with zero attached hydrogens (tertiary/aromatic N) is 3. The second-order valence-electron chi connectivity index (χ2n) is 4.27. The van der Waals surface area contributed by atoms with Gasteiger partial charge in [-0.1, -0.05) is 0 Å². The minimum Gasteiger partial charge on any atom is -0.394 e. The molecule has 0 fully saturated rings. The molecular weight excluding hydrogens is 178 g/mol. The Morgan fingerprint density at radius 3 is 2.64 bits per heavy atom. The van der Waals surface area contributed by atoms with Crippen molar-refractivity contribution in [2.75, 3.05) is 13.7 Å². The van der Waals surface area contributed by atoms with Gasteiger partial charge in [-0.2, -0.15) is 5.10 Å². The van der Waals surface area contributed by atoms with E-state index in [1.54, 1.807) is 6.20 Å². The van der Waals surface area contributed by atoms with Crippen molar-refractivity contribution in [3.8, 4) is 0 Å². The smallest absolute Gasteiger partial charge is 0.0610 e. The van der Waals surface area contributed by atoms with Crippen LogP contribution in [0.15, 0.2) is 12.3 Å². The number of rotatable bonds is 4. The number of aryl methyl sites for hydroxylation is 1. The average molecular weight is 197 g/mol. The third-order valence-electron chi connectivity index (χ3n) is 2.74. The van der Waals surface area contributed by atoms with E-state index in [2.05, 4.69) is 10.00 Å². The first-order valence-corrected chi connectivity index (χ1v) is 4.76. The van der Waals surface area contributed by atoms with Crippen molar-refractivity contribution >= 4 is 0 Å². The number of aliphatic hydroxyl groups is 1. The van der Waals surface area contributed by atoms with Gasteiger partial charge in [0.15, 0.2) is 0 Å². The average Bonchev–Trinajstić information content (AvgIpc) is 2.52. The van der Waals surface area contributed by atoms with Crippen LogP contribution in [0.25, 0.3) is 0 Å². The molecule has 0 aliphatic heterocycles. The van der Waals surface area contributed by atoms with E-state index in [0.29, 0.717) is 0 Å². The first-order chi connectivity index (χ1) is 6.47. The van der Waals surface area contributed by atoms with Gasteiger partial charge in [-0.25, -0.2) is 0 Å². The molecule has 1 rings (SSSR count). The standard InChI is InChI=1S/C10H19N3O/c1-10(2,8-14)12(3)7-9-5-6-11-13(9)4/h5-6,14H,7-8H2,1-4H3. The number of aromatic nitrogens is 2. The highest BCUT2D eigenvalue weighted by atomic mass is 16.3. The molecule has 1 aromatic heterocycles. The van der Waals surface area contributed by atoms with Crippen LogP contribution in [-0.2, 0) is 13.6 Å². The fraction of sp³-hybridized carbons (Fsp3) is 0.700. The van der Waals surface area contributed by atoms with Gasteiger partial charge in [-0.05, 0) is 27.0 Å². The largest absolute Gasteiger partial charge is 0.394 e. The van der Waals surface area contributed by atoms with Crippen molar-refractivity contribution in [1.82, 2.24) is 14.7 Å². The summed E-state index contributed by atoms with van der Waals surface area (Å²) in [7, 11) is 3.93. The van der Waals surface area contributed by atoms with Gasteiger partial charge in [0.05, 0.1) is 12.3 Å². The lowest BCUT2D eigenvalue weighted by atomic mass is 10.1. The van der Waals surface area contributed by atoms with Crippen molar-refractivity contribution in [1.29, 1.82) is 0 Å². The Balaban J connectivity index is 2.66. The van der Waals surface area contributed by atoms with Crippen molar-refractivity contribution in [3.63, 3.8) is 0 Å². The number of hydrogen-bond acceptors (Lipinski definition) is 3. The van der Waals surface area contributed by atoms with Crippen molar-refractivity contribution in [2.24, 2.45) is 7.05 Å². The fourth-order valence-electron chi connectivity index (χ4n) is 1.13. The Bertz CT molecular complexity index is 293. The van der Waals surface area contributed by atoms with E-state index in [4.69, 9.17) is 0 Å². The molecule has 1 aromatic rings.